The maximum absolute atomic E-state index is 13.6. The summed E-state index contributed by atoms with van der Waals surface area (Å²) in [5.41, 5.74) is 2.24. The lowest BCUT2D eigenvalue weighted by Crippen LogP contribution is -2.40. The Morgan fingerprint density at radius 3 is 2.60 bits per heavy atom. The van der Waals surface area contributed by atoms with E-state index in [0.717, 1.165) is 29.8 Å². The zero-order valence-electron chi connectivity index (χ0n) is 15.8. The van der Waals surface area contributed by atoms with E-state index in [4.69, 9.17) is 0 Å². The molecule has 1 unspecified atom stereocenters. The maximum atomic E-state index is 13.6. The first-order valence-electron chi connectivity index (χ1n) is 9.61. The minimum Gasteiger partial charge on any atom is -0.294 e. The van der Waals surface area contributed by atoms with Crippen molar-refractivity contribution in [1.29, 1.82) is 0 Å². The van der Waals surface area contributed by atoms with Crippen LogP contribution in [0.1, 0.15) is 36.4 Å². The summed E-state index contributed by atoms with van der Waals surface area (Å²) in [6.07, 6.45) is 3.41. The number of Topliss-reactive ketones (excluding diaryl/α,β-unsaturated/α-hetero) is 1. The first kappa shape index (κ1) is 18.8. The van der Waals surface area contributed by atoms with Gasteiger partial charge in [0.25, 0.3) is 5.56 Å². The van der Waals surface area contributed by atoms with Gasteiger partial charge >= 0.3 is 0 Å². The second kappa shape index (κ2) is 7.25. The van der Waals surface area contributed by atoms with Crippen LogP contribution in [-0.2, 0) is 4.79 Å². The van der Waals surface area contributed by atoms with Crippen LogP contribution in [0.2, 0.25) is 0 Å². The molecule has 0 saturated heterocycles. The summed E-state index contributed by atoms with van der Waals surface area (Å²) >= 11 is 1.19. The number of thiazole rings is 1. The molecular formula is C23H16F2N2O2S. The van der Waals surface area contributed by atoms with Gasteiger partial charge in [-0.15, -0.1) is 0 Å². The predicted octanol–water partition coefficient (Wildman–Crippen LogP) is 3.25. The van der Waals surface area contributed by atoms with Crippen LogP contribution in [0.25, 0.3) is 6.08 Å². The van der Waals surface area contributed by atoms with E-state index in [9.17, 15) is 18.4 Å². The number of fused-ring (bicyclic) bond motifs is 1. The molecule has 5 rings (SSSR count). The number of rotatable bonds is 2. The summed E-state index contributed by atoms with van der Waals surface area (Å²) in [6.45, 7) is 0. The molecule has 0 bridgehead atoms. The fourth-order valence-electron chi connectivity index (χ4n) is 4.01. The number of carbonyl (C=O) groups is 1. The van der Waals surface area contributed by atoms with E-state index >= 15 is 0 Å². The van der Waals surface area contributed by atoms with E-state index in [2.05, 4.69) is 4.99 Å². The number of ketones is 1. The molecule has 3 aromatic rings. The van der Waals surface area contributed by atoms with E-state index in [1.165, 1.54) is 23.5 Å². The molecular weight excluding hydrogens is 406 g/mol. The molecule has 0 fully saturated rings. The third-order valence-electron chi connectivity index (χ3n) is 5.38. The van der Waals surface area contributed by atoms with Gasteiger partial charge in [0.15, 0.2) is 22.2 Å². The number of benzene rings is 2. The molecule has 30 heavy (non-hydrogen) atoms. The number of aromatic nitrogens is 1. The number of carbonyl (C=O) groups excluding carboxylic acids is 1. The summed E-state index contributed by atoms with van der Waals surface area (Å²) in [5, 5.41) is 0. The zero-order valence-corrected chi connectivity index (χ0v) is 16.6. The highest BCUT2D eigenvalue weighted by Crippen LogP contribution is 2.35. The molecule has 0 amide bonds. The van der Waals surface area contributed by atoms with E-state index in [1.807, 2.05) is 30.3 Å². The first-order chi connectivity index (χ1) is 14.5. The van der Waals surface area contributed by atoms with Crippen LogP contribution < -0.4 is 14.9 Å². The van der Waals surface area contributed by atoms with E-state index in [-0.39, 0.29) is 11.3 Å². The number of hydrogen-bond donors (Lipinski definition) is 0. The van der Waals surface area contributed by atoms with Crippen LogP contribution in [0.3, 0.4) is 0 Å². The molecule has 0 N–H and O–H groups in total. The van der Waals surface area contributed by atoms with Gasteiger partial charge in [-0.3, -0.25) is 14.2 Å². The fourth-order valence-corrected chi connectivity index (χ4v) is 5.03. The maximum Gasteiger partial charge on any atom is 0.271 e. The molecule has 2 aromatic carbocycles. The van der Waals surface area contributed by atoms with E-state index in [1.54, 1.807) is 4.57 Å². The molecule has 4 nitrogen and oxygen atoms in total. The van der Waals surface area contributed by atoms with E-state index < -0.39 is 17.7 Å². The highest BCUT2D eigenvalue weighted by atomic mass is 32.1. The van der Waals surface area contributed by atoms with Gasteiger partial charge in [0.2, 0.25) is 0 Å². The quantitative estimate of drug-likeness (QED) is 0.637. The Hall–Kier alpha value is -3.19. The molecule has 2 heterocycles. The van der Waals surface area contributed by atoms with Crippen molar-refractivity contribution in [3.05, 3.63) is 102 Å². The third kappa shape index (κ3) is 3.06. The molecule has 7 heteroatoms. The molecule has 0 radical (unpaired) electrons. The Kier molecular flexibility index (Phi) is 4.55. The normalized spacial score (nSPS) is 18.8. The lowest BCUT2D eigenvalue weighted by atomic mass is 9.86. The number of halogens is 2. The van der Waals surface area contributed by atoms with Crippen LogP contribution in [0.5, 0.6) is 0 Å². The van der Waals surface area contributed by atoms with Gasteiger partial charge in [0.1, 0.15) is 0 Å². The van der Waals surface area contributed by atoms with Crippen molar-refractivity contribution >= 4 is 23.2 Å². The average molecular weight is 422 g/mol. The minimum atomic E-state index is -0.972. The Morgan fingerprint density at radius 2 is 1.83 bits per heavy atom. The number of nitrogens with zero attached hydrogens (tertiary/aromatic N) is 2. The summed E-state index contributed by atoms with van der Waals surface area (Å²) in [7, 11) is 0. The Bertz CT molecular complexity index is 1390. The SMILES string of the molecule is O=C1CCCC2=C1C(c1ccccc1)n1c(sc(=Cc3ccc(F)c(F)c3)c1=O)=N2. The van der Waals surface area contributed by atoms with Crippen molar-refractivity contribution in [1.82, 2.24) is 4.57 Å². The van der Waals surface area contributed by atoms with Crippen molar-refractivity contribution < 1.29 is 13.6 Å². The second-order valence-electron chi connectivity index (χ2n) is 7.30. The topological polar surface area (TPSA) is 51.4 Å². The molecule has 1 aliphatic heterocycles. The highest BCUT2D eigenvalue weighted by molar-refractivity contribution is 7.07. The zero-order chi connectivity index (χ0) is 20.8. The third-order valence-corrected chi connectivity index (χ3v) is 6.37. The van der Waals surface area contributed by atoms with Crippen LogP contribution in [0.4, 0.5) is 8.78 Å². The molecule has 150 valence electrons. The highest BCUT2D eigenvalue weighted by Gasteiger charge is 2.34. The second-order valence-corrected chi connectivity index (χ2v) is 8.31. The summed E-state index contributed by atoms with van der Waals surface area (Å²) in [6, 6.07) is 12.4. The molecule has 1 atom stereocenters. The van der Waals surface area contributed by atoms with Crippen molar-refractivity contribution in [2.24, 2.45) is 4.99 Å². The standard InChI is InChI=1S/C23H16F2N2O2S/c24-15-10-9-13(11-16(15)25)12-19-22(29)27-21(14-5-2-1-3-6-14)20-17(26-23(27)30-19)7-4-8-18(20)28/h1-3,5-6,9-12,21H,4,7-8H2. The first-order valence-corrected chi connectivity index (χ1v) is 10.4. The van der Waals surface area contributed by atoms with Gasteiger partial charge in [0, 0.05) is 12.0 Å². The van der Waals surface area contributed by atoms with Crippen LogP contribution in [0, 0.1) is 11.6 Å². The average Bonchev–Trinajstić information content (AvgIpc) is 3.05. The molecule has 1 aliphatic carbocycles. The Morgan fingerprint density at radius 1 is 1.03 bits per heavy atom. The van der Waals surface area contributed by atoms with Crippen LogP contribution in [0.15, 0.2) is 69.6 Å². The molecule has 0 saturated carbocycles. The lowest BCUT2D eigenvalue weighted by Gasteiger charge is -2.28. The van der Waals surface area contributed by atoms with Gasteiger partial charge in [-0.1, -0.05) is 47.7 Å². The Labute approximate surface area is 174 Å². The van der Waals surface area contributed by atoms with Crippen molar-refractivity contribution in [2.45, 2.75) is 25.3 Å². The van der Waals surface area contributed by atoms with Crippen molar-refractivity contribution in [3.63, 3.8) is 0 Å². The minimum absolute atomic E-state index is 0.0174. The number of allylic oxidation sites excluding steroid dienone is 2. The Balaban J connectivity index is 1.75. The van der Waals surface area contributed by atoms with Crippen LogP contribution >= 0.6 is 11.3 Å². The van der Waals surface area contributed by atoms with Gasteiger partial charge in [0.05, 0.1) is 16.3 Å². The van der Waals surface area contributed by atoms with Gasteiger partial charge in [-0.25, -0.2) is 13.8 Å². The van der Waals surface area contributed by atoms with Gasteiger partial charge in [-0.05, 0) is 42.2 Å². The van der Waals surface area contributed by atoms with E-state index in [0.29, 0.717) is 33.3 Å². The molecule has 0 spiro atoms. The number of hydrogen-bond acceptors (Lipinski definition) is 4. The lowest BCUT2D eigenvalue weighted by molar-refractivity contribution is -0.116. The summed E-state index contributed by atoms with van der Waals surface area (Å²) < 4.78 is 28.7. The molecule has 1 aromatic heterocycles. The van der Waals surface area contributed by atoms with Crippen LogP contribution in [-0.4, -0.2) is 10.4 Å². The van der Waals surface area contributed by atoms with Gasteiger partial charge < -0.3 is 0 Å². The largest absolute Gasteiger partial charge is 0.294 e. The van der Waals surface area contributed by atoms with Crippen molar-refractivity contribution in [3.8, 4) is 0 Å². The monoisotopic (exact) mass is 422 g/mol. The summed E-state index contributed by atoms with van der Waals surface area (Å²) in [5.74, 6) is -1.90. The smallest absolute Gasteiger partial charge is 0.271 e. The van der Waals surface area contributed by atoms with Gasteiger partial charge in [-0.2, -0.15) is 0 Å². The predicted molar refractivity (Wildman–Crippen MR) is 110 cm³/mol. The van der Waals surface area contributed by atoms with Crippen molar-refractivity contribution in [2.75, 3.05) is 0 Å². The fraction of sp³-hybridized carbons (Fsp3) is 0.174. The molecule has 2 aliphatic rings. The summed E-state index contributed by atoms with van der Waals surface area (Å²) in [4.78, 5) is 31.2.